The molecule has 1 aromatic carbocycles. The predicted octanol–water partition coefficient (Wildman–Crippen LogP) is 1.63. The van der Waals surface area contributed by atoms with Crippen LogP contribution in [0.15, 0.2) is 47.4 Å². The van der Waals surface area contributed by atoms with Gasteiger partial charge >= 0.3 is 11.5 Å². The monoisotopic (exact) mass is 454 g/mol. The first-order valence-corrected chi connectivity index (χ1v) is 10.5. The van der Waals surface area contributed by atoms with Crippen LogP contribution in [0.4, 0.5) is 11.4 Å². The average Bonchev–Trinajstić information content (AvgIpc) is 2.83. The van der Waals surface area contributed by atoms with Crippen molar-refractivity contribution in [2.45, 2.75) is 19.4 Å². The number of hydrogen-bond acceptors (Lipinski definition) is 9. The highest BCUT2D eigenvalue weighted by Crippen LogP contribution is 2.30. The van der Waals surface area contributed by atoms with E-state index < -0.39 is 17.9 Å². The number of hydrogen-bond donors (Lipinski definition) is 1. The molecule has 0 spiro atoms. The second-order valence-corrected chi connectivity index (χ2v) is 7.78. The maximum Gasteiger partial charge on any atom is 0.360 e. The van der Waals surface area contributed by atoms with Gasteiger partial charge in [0.1, 0.15) is 6.61 Å². The summed E-state index contributed by atoms with van der Waals surface area (Å²) in [4.78, 5) is 34.0. The van der Waals surface area contributed by atoms with E-state index in [9.17, 15) is 14.7 Å². The van der Waals surface area contributed by atoms with Gasteiger partial charge in [0.2, 0.25) is 12.2 Å². The zero-order valence-electron chi connectivity index (χ0n) is 18.7. The molecule has 33 heavy (non-hydrogen) atoms. The molecule has 1 aliphatic rings. The Morgan fingerprint density at radius 2 is 2.06 bits per heavy atom. The molecule has 1 aliphatic heterocycles. The van der Waals surface area contributed by atoms with Crippen molar-refractivity contribution in [3.05, 3.63) is 64.2 Å². The Kier molecular flexibility index (Phi) is 6.47. The molecule has 10 nitrogen and oxygen atoms in total. The van der Waals surface area contributed by atoms with E-state index >= 15 is 0 Å². The van der Waals surface area contributed by atoms with Crippen molar-refractivity contribution in [1.82, 2.24) is 9.38 Å². The van der Waals surface area contributed by atoms with Gasteiger partial charge in [0, 0.05) is 26.8 Å². The van der Waals surface area contributed by atoms with Gasteiger partial charge in [0.15, 0.2) is 11.3 Å². The average molecular weight is 454 g/mol. The molecular weight excluding hydrogens is 428 g/mol. The minimum atomic E-state index is -1.20. The number of aliphatic hydroxyl groups is 1. The molecule has 1 atom stereocenters. The van der Waals surface area contributed by atoms with Gasteiger partial charge in [0.05, 0.1) is 25.1 Å². The first-order valence-electron chi connectivity index (χ1n) is 10.5. The van der Waals surface area contributed by atoms with Crippen molar-refractivity contribution in [3.8, 4) is 5.75 Å². The van der Waals surface area contributed by atoms with E-state index in [2.05, 4.69) is 4.98 Å². The quantitative estimate of drug-likeness (QED) is 0.556. The molecule has 1 saturated heterocycles. The van der Waals surface area contributed by atoms with Crippen LogP contribution in [0.25, 0.3) is 5.65 Å². The summed E-state index contributed by atoms with van der Waals surface area (Å²) < 4.78 is 17.4. The van der Waals surface area contributed by atoms with Crippen molar-refractivity contribution >= 4 is 23.0 Å². The van der Waals surface area contributed by atoms with Crippen LogP contribution in [-0.2, 0) is 16.1 Å². The molecule has 1 fully saturated rings. The molecule has 1 unspecified atom stereocenters. The van der Waals surface area contributed by atoms with Gasteiger partial charge in [0.25, 0.3) is 0 Å². The number of carbonyl (C=O) groups is 1. The number of pyridine rings is 1. The molecule has 174 valence electrons. The lowest BCUT2D eigenvalue weighted by atomic mass is 10.2. The van der Waals surface area contributed by atoms with Gasteiger partial charge < -0.3 is 29.1 Å². The number of rotatable bonds is 6. The first kappa shape index (κ1) is 22.6. The number of anilines is 2. The Labute approximate surface area is 190 Å². The summed E-state index contributed by atoms with van der Waals surface area (Å²) in [5, 5.41) is 10.4. The highest BCUT2D eigenvalue weighted by atomic mass is 16.6. The van der Waals surface area contributed by atoms with Crippen molar-refractivity contribution in [3.63, 3.8) is 0 Å². The number of benzene rings is 1. The SMILES string of the molecule is COC(=O)c1nc2c(N3CCCOC3O)cc(N(C)C)cn2c(=O)c1OCc1ccccc1. The van der Waals surface area contributed by atoms with Crippen LogP contribution in [0.1, 0.15) is 22.5 Å². The van der Waals surface area contributed by atoms with Gasteiger partial charge in [-0.25, -0.2) is 9.78 Å². The Morgan fingerprint density at radius 1 is 1.30 bits per heavy atom. The lowest BCUT2D eigenvalue weighted by Gasteiger charge is -2.34. The number of aliphatic hydroxyl groups excluding tert-OH is 1. The largest absolute Gasteiger partial charge is 0.481 e. The van der Waals surface area contributed by atoms with Crippen LogP contribution >= 0.6 is 0 Å². The summed E-state index contributed by atoms with van der Waals surface area (Å²) in [5.74, 6) is -1.00. The van der Waals surface area contributed by atoms with Crippen molar-refractivity contribution < 1.29 is 24.1 Å². The molecule has 0 saturated carbocycles. The van der Waals surface area contributed by atoms with E-state index in [0.29, 0.717) is 30.9 Å². The summed E-state index contributed by atoms with van der Waals surface area (Å²) in [5.41, 5.74) is 1.36. The molecule has 3 aromatic rings. The van der Waals surface area contributed by atoms with E-state index in [1.807, 2.05) is 49.3 Å². The molecule has 2 aromatic heterocycles. The molecule has 10 heteroatoms. The molecule has 3 heterocycles. The molecule has 0 amide bonds. The molecular formula is C23H26N4O6. The third-order valence-electron chi connectivity index (χ3n) is 5.36. The zero-order valence-corrected chi connectivity index (χ0v) is 18.7. The van der Waals surface area contributed by atoms with Gasteiger partial charge in [-0.3, -0.25) is 9.20 Å². The van der Waals surface area contributed by atoms with Crippen molar-refractivity contribution in [2.75, 3.05) is 44.2 Å². The van der Waals surface area contributed by atoms with E-state index in [1.54, 1.807) is 17.2 Å². The Bertz CT molecular complexity index is 1210. The maximum atomic E-state index is 13.5. The second-order valence-electron chi connectivity index (χ2n) is 7.78. The fourth-order valence-electron chi connectivity index (χ4n) is 3.61. The second kappa shape index (κ2) is 9.47. The zero-order chi connectivity index (χ0) is 23.5. The van der Waals surface area contributed by atoms with Gasteiger partial charge in [-0.1, -0.05) is 30.3 Å². The van der Waals surface area contributed by atoms with Crippen LogP contribution in [0.5, 0.6) is 5.75 Å². The van der Waals surface area contributed by atoms with Crippen molar-refractivity contribution in [1.29, 1.82) is 0 Å². The molecule has 0 radical (unpaired) electrons. The normalized spacial score (nSPS) is 16.0. The number of carbonyl (C=O) groups excluding carboxylic acids is 1. The van der Waals surface area contributed by atoms with Crippen LogP contribution in [0.3, 0.4) is 0 Å². The number of ether oxygens (including phenoxy) is 3. The Hall–Kier alpha value is -3.63. The van der Waals surface area contributed by atoms with Crippen LogP contribution in [0.2, 0.25) is 0 Å². The fraction of sp³-hybridized carbons (Fsp3) is 0.348. The molecule has 0 aliphatic carbocycles. The third-order valence-corrected chi connectivity index (χ3v) is 5.36. The summed E-state index contributed by atoms with van der Waals surface area (Å²) in [7, 11) is 4.88. The summed E-state index contributed by atoms with van der Waals surface area (Å²) in [6.45, 7) is 0.983. The smallest absolute Gasteiger partial charge is 0.360 e. The van der Waals surface area contributed by atoms with Gasteiger partial charge in [-0.05, 0) is 18.1 Å². The minimum Gasteiger partial charge on any atom is -0.481 e. The van der Waals surface area contributed by atoms with E-state index in [-0.39, 0.29) is 23.7 Å². The molecule has 4 rings (SSSR count). The van der Waals surface area contributed by atoms with E-state index in [4.69, 9.17) is 14.2 Å². The third kappa shape index (κ3) is 4.48. The lowest BCUT2D eigenvalue weighted by molar-refractivity contribution is -0.115. The predicted molar refractivity (Wildman–Crippen MR) is 122 cm³/mol. The number of esters is 1. The number of methoxy groups -OCH3 is 1. The minimum absolute atomic E-state index is 0.0761. The highest BCUT2D eigenvalue weighted by Gasteiger charge is 2.28. The van der Waals surface area contributed by atoms with Crippen molar-refractivity contribution in [2.24, 2.45) is 0 Å². The summed E-state index contributed by atoms with van der Waals surface area (Å²) >= 11 is 0. The van der Waals surface area contributed by atoms with E-state index in [0.717, 1.165) is 5.56 Å². The Morgan fingerprint density at radius 3 is 2.73 bits per heavy atom. The fourth-order valence-corrected chi connectivity index (χ4v) is 3.61. The summed E-state index contributed by atoms with van der Waals surface area (Å²) in [6, 6.07) is 11.1. The van der Waals surface area contributed by atoms with Gasteiger partial charge in [-0.2, -0.15) is 0 Å². The maximum absolute atomic E-state index is 13.5. The molecule has 0 bridgehead atoms. The number of nitrogens with zero attached hydrogens (tertiary/aromatic N) is 4. The first-order chi connectivity index (χ1) is 15.9. The lowest BCUT2D eigenvalue weighted by Crippen LogP contribution is -2.43. The van der Waals surface area contributed by atoms with Crippen LogP contribution in [-0.4, -0.2) is 61.2 Å². The van der Waals surface area contributed by atoms with E-state index in [1.165, 1.54) is 11.5 Å². The topological polar surface area (TPSA) is 106 Å². The molecule has 1 N–H and O–H groups in total. The van der Waals surface area contributed by atoms with Crippen LogP contribution in [0, 0.1) is 0 Å². The van der Waals surface area contributed by atoms with Crippen LogP contribution < -0.4 is 20.1 Å². The highest BCUT2D eigenvalue weighted by molar-refractivity contribution is 5.91. The Balaban J connectivity index is 1.92. The van der Waals surface area contributed by atoms with Gasteiger partial charge in [-0.15, -0.1) is 0 Å². The summed E-state index contributed by atoms with van der Waals surface area (Å²) in [6.07, 6.45) is 1.09. The standard InChI is InChI=1S/C23H26N4O6/c1-25(2)16-12-17(26-10-7-11-32-23(26)30)20-24-18(22(29)31-3)19(21(28)27(20)13-16)33-14-15-8-5-4-6-9-15/h4-6,8-9,12-13,23,30H,7,10-11,14H2,1-3H3. The number of fused-ring (bicyclic) bond motifs is 1. The number of aromatic nitrogens is 2.